The van der Waals surface area contributed by atoms with E-state index in [0.717, 1.165) is 44.0 Å². The summed E-state index contributed by atoms with van der Waals surface area (Å²) in [6, 6.07) is 8.17. The molecule has 0 radical (unpaired) electrons. The second kappa shape index (κ2) is 10.6. The first-order valence-electron chi connectivity index (χ1n) is 10.4. The van der Waals surface area contributed by atoms with Gasteiger partial charge in [0.15, 0.2) is 11.8 Å². The van der Waals surface area contributed by atoms with Crippen molar-refractivity contribution in [2.24, 2.45) is 4.99 Å². The number of nitrogens with one attached hydrogen (secondary N) is 1. The number of rotatable bonds is 6. The first-order valence-corrected chi connectivity index (χ1v) is 10.4. The molecule has 0 aliphatic carbocycles. The van der Waals surface area contributed by atoms with Crippen molar-refractivity contribution >= 4 is 12.1 Å². The lowest BCUT2D eigenvalue weighted by Crippen LogP contribution is -2.54. The van der Waals surface area contributed by atoms with Crippen LogP contribution in [0.2, 0.25) is 0 Å². The van der Waals surface area contributed by atoms with Crippen LogP contribution < -0.4 is 5.32 Å². The van der Waals surface area contributed by atoms with Gasteiger partial charge in [0.1, 0.15) is 0 Å². The summed E-state index contributed by atoms with van der Waals surface area (Å²) in [5.74, 6) is 2.12. The quantitative estimate of drug-likeness (QED) is 0.572. The van der Waals surface area contributed by atoms with E-state index in [0.29, 0.717) is 31.4 Å². The molecule has 1 saturated heterocycles. The molecule has 162 valence electrons. The first kappa shape index (κ1) is 21.6. The van der Waals surface area contributed by atoms with E-state index in [-0.39, 0.29) is 6.09 Å². The number of aryl methyl sites for hydroxylation is 1. The molecule has 2 aromatic rings. The average Bonchev–Trinajstić information content (AvgIpc) is 3.27. The molecule has 3 rings (SSSR count). The van der Waals surface area contributed by atoms with Crippen LogP contribution in [0.4, 0.5) is 4.79 Å². The normalized spacial score (nSPS) is 14.7. The minimum absolute atomic E-state index is 0.241. The summed E-state index contributed by atoms with van der Waals surface area (Å²) in [7, 11) is 1.78. The third-order valence-corrected chi connectivity index (χ3v) is 5.00. The van der Waals surface area contributed by atoms with E-state index in [4.69, 9.17) is 9.26 Å². The fraction of sp³-hybridized carbons (Fsp3) is 0.524. The van der Waals surface area contributed by atoms with Gasteiger partial charge in [0.25, 0.3) is 5.89 Å². The Kier molecular flexibility index (Phi) is 7.64. The van der Waals surface area contributed by atoms with Crippen molar-refractivity contribution in [2.75, 3.05) is 46.4 Å². The fourth-order valence-corrected chi connectivity index (χ4v) is 3.30. The molecule has 1 aromatic carbocycles. The number of benzene rings is 1. The molecule has 30 heavy (non-hydrogen) atoms. The van der Waals surface area contributed by atoms with Crippen LogP contribution in [0.3, 0.4) is 0 Å². The molecule has 9 nitrogen and oxygen atoms in total. The lowest BCUT2D eigenvalue weighted by molar-refractivity contribution is 0.0915. The predicted octanol–water partition coefficient (Wildman–Crippen LogP) is 2.19. The molecule has 0 saturated carbocycles. The Morgan fingerprint density at radius 3 is 2.47 bits per heavy atom. The van der Waals surface area contributed by atoms with Crippen molar-refractivity contribution in [1.82, 2.24) is 25.3 Å². The highest BCUT2D eigenvalue weighted by Crippen LogP contribution is 2.18. The van der Waals surface area contributed by atoms with Gasteiger partial charge in [-0.2, -0.15) is 4.98 Å². The summed E-state index contributed by atoms with van der Waals surface area (Å²) in [5, 5.41) is 7.35. The van der Waals surface area contributed by atoms with Crippen LogP contribution in [-0.4, -0.2) is 78.4 Å². The Labute approximate surface area is 177 Å². The molecule has 0 atom stereocenters. The largest absolute Gasteiger partial charge is 0.450 e. The smallest absolute Gasteiger partial charge is 0.409 e. The molecule has 1 amide bonds. The molecule has 0 bridgehead atoms. The maximum atomic E-state index is 11.8. The Bertz CT molecular complexity index is 841. The van der Waals surface area contributed by atoms with Crippen molar-refractivity contribution < 1.29 is 14.1 Å². The summed E-state index contributed by atoms with van der Waals surface area (Å²) in [6.07, 6.45) is 1.38. The molecular weight excluding hydrogens is 384 g/mol. The topological polar surface area (TPSA) is 96.1 Å². The summed E-state index contributed by atoms with van der Waals surface area (Å²) < 4.78 is 10.4. The summed E-state index contributed by atoms with van der Waals surface area (Å²) >= 11 is 0. The van der Waals surface area contributed by atoms with E-state index in [1.165, 1.54) is 5.56 Å². The van der Waals surface area contributed by atoms with Gasteiger partial charge in [-0.05, 0) is 31.0 Å². The molecule has 2 heterocycles. The third-order valence-electron chi connectivity index (χ3n) is 5.00. The van der Waals surface area contributed by atoms with Crippen molar-refractivity contribution in [1.29, 1.82) is 0 Å². The number of amides is 1. The minimum atomic E-state index is -0.241. The van der Waals surface area contributed by atoms with Crippen molar-refractivity contribution in [3.05, 3.63) is 35.7 Å². The van der Waals surface area contributed by atoms with E-state index in [9.17, 15) is 4.79 Å². The predicted molar refractivity (Wildman–Crippen MR) is 114 cm³/mol. The highest BCUT2D eigenvalue weighted by Gasteiger charge is 2.23. The number of nitrogens with zero attached hydrogens (tertiary/aromatic N) is 5. The summed E-state index contributed by atoms with van der Waals surface area (Å²) in [5.41, 5.74) is 2.14. The standard InChI is InChI=1S/C21H30N6O3/c1-4-18-24-19(30-25-18)17-8-6-16(7-9-17)10-11-23-20(22-3)26-12-14-27(15-13-26)21(28)29-5-2/h6-9H,4-5,10-15H2,1-3H3,(H,22,23). The molecule has 1 N–H and O–H groups in total. The van der Waals surface area contributed by atoms with Gasteiger partial charge in [-0.25, -0.2) is 4.79 Å². The van der Waals surface area contributed by atoms with E-state index >= 15 is 0 Å². The summed E-state index contributed by atoms with van der Waals surface area (Å²) in [6.45, 7) is 7.73. The minimum Gasteiger partial charge on any atom is -0.450 e. The Hall–Kier alpha value is -3.10. The van der Waals surface area contributed by atoms with E-state index in [2.05, 4.69) is 37.5 Å². The number of aliphatic imine (C=N–C) groups is 1. The van der Waals surface area contributed by atoms with Gasteiger partial charge in [-0.3, -0.25) is 4.99 Å². The monoisotopic (exact) mass is 414 g/mol. The van der Waals surface area contributed by atoms with Crippen LogP contribution in [0.1, 0.15) is 25.2 Å². The van der Waals surface area contributed by atoms with Gasteiger partial charge in [0.05, 0.1) is 6.61 Å². The SMILES string of the molecule is CCOC(=O)N1CCN(C(=NC)NCCc2ccc(-c3nc(CC)no3)cc2)CC1. The molecule has 1 aliphatic rings. The summed E-state index contributed by atoms with van der Waals surface area (Å²) in [4.78, 5) is 24.5. The zero-order valence-electron chi connectivity index (χ0n) is 17.9. The number of piperazine rings is 1. The van der Waals surface area contributed by atoms with E-state index in [1.807, 2.05) is 26.0 Å². The third kappa shape index (κ3) is 5.49. The molecule has 0 spiro atoms. The lowest BCUT2D eigenvalue weighted by atomic mass is 10.1. The molecule has 1 aliphatic heterocycles. The van der Waals surface area contributed by atoms with Crippen LogP contribution in [0, 0.1) is 0 Å². The molecule has 0 unspecified atom stereocenters. The van der Waals surface area contributed by atoms with Gasteiger partial charge in [0.2, 0.25) is 0 Å². The van der Waals surface area contributed by atoms with Crippen LogP contribution in [0.5, 0.6) is 0 Å². The number of carbonyl (C=O) groups is 1. The number of guanidine groups is 1. The first-order chi connectivity index (χ1) is 14.6. The van der Waals surface area contributed by atoms with Gasteiger partial charge in [-0.15, -0.1) is 0 Å². The Morgan fingerprint density at radius 2 is 1.87 bits per heavy atom. The van der Waals surface area contributed by atoms with Gasteiger partial charge in [-0.1, -0.05) is 24.2 Å². The van der Waals surface area contributed by atoms with Crippen molar-refractivity contribution in [2.45, 2.75) is 26.7 Å². The zero-order valence-corrected chi connectivity index (χ0v) is 17.9. The van der Waals surface area contributed by atoms with E-state index < -0.39 is 0 Å². The Balaban J connectivity index is 1.45. The fourth-order valence-electron chi connectivity index (χ4n) is 3.30. The van der Waals surface area contributed by atoms with Crippen LogP contribution >= 0.6 is 0 Å². The number of hydrogen-bond donors (Lipinski definition) is 1. The molecule has 1 aromatic heterocycles. The highest BCUT2D eigenvalue weighted by atomic mass is 16.6. The maximum absolute atomic E-state index is 11.8. The number of ether oxygens (including phenoxy) is 1. The number of aromatic nitrogens is 2. The number of hydrogen-bond acceptors (Lipinski definition) is 6. The van der Waals surface area contributed by atoms with Crippen LogP contribution in [0.25, 0.3) is 11.5 Å². The second-order valence-corrected chi connectivity index (χ2v) is 6.96. The van der Waals surface area contributed by atoms with Crippen molar-refractivity contribution in [3.63, 3.8) is 0 Å². The zero-order chi connectivity index (χ0) is 21.3. The highest BCUT2D eigenvalue weighted by molar-refractivity contribution is 5.80. The van der Waals surface area contributed by atoms with Gasteiger partial charge in [0, 0.05) is 51.8 Å². The molecular formula is C21H30N6O3. The lowest BCUT2D eigenvalue weighted by Gasteiger charge is -2.35. The van der Waals surface area contributed by atoms with Gasteiger partial charge < -0.3 is 24.4 Å². The average molecular weight is 415 g/mol. The Morgan fingerprint density at radius 1 is 1.17 bits per heavy atom. The molecule has 9 heteroatoms. The van der Waals surface area contributed by atoms with Crippen LogP contribution in [-0.2, 0) is 17.6 Å². The van der Waals surface area contributed by atoms with E-state index in [1.54, 1.807) is 11.9 Å². The molecule has 1 fully saturated rings. The second-order valence-electron chi connectivity index (χ2n) is 6.96. The maximum Gasteiger partial charge on any atom is 0.409 e. The number of carbonyl (C=O) groups excluding carboxylic acids is 1. The van der Waals surface area contributed by atoms with Crippen LogP contribution in [0.15, 0.2) is 33.8 Å². The van der Waals surface area contributed by atoms with Crippen molar-refractivity contribution in [3.8, 4) is 11.5 Å². The van der Waals surface area contributed by atoms with Gasteiger partial charge >= 0.3 is 6.09 Å².